The topological polar surface area (TPSA) is 26.3 Å². The van der Waals surface area contributed by atoms with Crippen molar-refractivity contribution < 1.29 is 9.53 Å². The SMILES string of the molecule is C#CCC1(OC(=O)C(C)(C)C)c2ccccc2Sc2ccccc21. The normalized spacial score (nSPS) is 14.9. The average molecular weight is 336 g/mol. The van der Waals surface area contributed by atoms with Gasteiger partial charge in [-0.1, -0.05) is 48.2 Å². The summed E-state index contributed by atoms with van der Waals surface area (Å²) in [5.41, 5.74) is 0.390. The van der Waals surface area contributed by atoms with Crippen molar-refractivity contribution in [2.75, 3.05) is 0 Å². The maximum Gasteiger partial charge on any atom is 0.312 e. The minimum absolute atomic E-state index is 0.255. The van der Waals surface area contributed by atoms with E-state index in [2.05, 4.69) is 5.92 Å². The third-order valence-corrected chi connectivity index (χ3v) is 5.25. The molecule has 0 saturated heterocycles. The predicted octanol–water partition coefficient (Wildman–Crippen LogP) is 5.01. The first-order valence-corrected chi connectivity index (χ1v) is 8.74. The van der Waals surface area contributed by atoms with E-state index in [0.717, 1.165) is 20.9 Å². The monoisotopic (exact) mass is 336 g/mol. The standard InChI is InChI=1S/C21H20O2S/c1-5-14-21(23-19(22)20(2,3)4)15-10-6-8-12-17(15)24-18-13-9-7-11-16(18)21/h1,6-13H,14H2,2-4H3. The molecule has 1 aliphatic heterocycles. The molecule has 0 aliphatic carbocycles. The van der Waals surface area contributed by atoms with Crippen LogP contribution in [0, 0.1) is 17.8 Å². The van der Waals surface area contributed by atoms with Gasteiger partial charge in [0.1, 0.15) is 0 Å². The molecular formula is C21H20O2S. The molecule has 0 N–H and O–H groups in total. The third kappa shape index (κ3) is 2.72. The van der Waals surface area contributed by atoms with Gasteiger partial charge in [0, 0.05) is 20.9 Å². The Morgan fingerprint density at radius 2 is 1.58 bits per heavy atom. The van der Waals surface area contributed by atoms with Gasteiger partial charge in [0.05, 0.1) is 11.8 Å². The van der Waals surface area contributed by atoms with Crippen LogP contribution < -0.4 is 0 Å². The molecule has 2 aromatic rings. The molecule has 0 aromatic heterocycles. The van der Waals surface area contributed by atoms with Gasteiger partial charge in [-0.3, -0.25) is 4.79 Å². The maximum absolute atomic E-state index is 12.7. The van der Waals surface area contributed by atoms with Crippen LogP contribution in [-0.4, -0.2) is 5.97 Å². The molecule has 0 radical (unpaired) electrons. The van der Waals surface area contributed by atoms with Crippen molar-refractivity contribution in [1.82, 2.24) is 0 Å². The number of carbonyl (C=O) groups excluding carboxylic acids is 1. The van der Waals surface area contributed by atoms with Crippen molar-refractivity contribution in [3.8, 4) is 12.3 Å². The first kappa shape index (κ1) is 16.7. The van der Waals surface area contributed by atoms with Crippen LogP contribution in [0.15, 0.2) is 58.3 Å². The Labute approximate surface area is 147 Å². The molecule has 0 atom stereocenters. The van der Waals surface area contributed by atoms with E-state index in [1.54, 1.807) is 11.8 Å². The zero-order chi connectivity index (χ0) is 17.4. The third-order valence-electron chi connectivity index (χ3n) is 4.09. The lowest BCUT2D eigenvalue weighted by molar-refractivity contribution is -0.166. The van der Waals surface area contributed by atoms with Crippen LogP contribution in [0.1, 0.15) is 38.3 Å². The summed E-state index contributed by atoms with van der Waals surface area (Å²) in [6.07, 6.45) is 6.00. The van der Waals surface area contributed by atoms with Gasteiger partial charge in [0.25, 0.3) is 0 Å². The van der Waals surface area contributed by atoms with Gasteiger partial charge in [0.2, 0.25) is 0 Å². The van der Waals surface area contributed by atoms with Crippen LogP contribution in [0.5, 0.6) is 0 Å². The zero-order valence-electron chi connectivity index (χ0n) is 14.1. The number of hydrogen-bond acceptors (Lipinski definition) is 3. The average Bonchev–Trinajstić information content (AvgIpc) is 2.54. The van der Waals surface area contributed by atoms with Crippen LogP contribution >= 0.6 is 11.8 Å². The zero-order valence-corrected chi connectivity index (χ0v) is 14.9. The van der Waals surface area contributed by atoms with E-state index >= 15 is 0 Å². The fourth-order valence-electron chi connectivity index (χ4n) is 2.83. The molecule has 0 unspecified atom stereocenters. The van der Waals surface area contributed by atoms with Crippen molar-refractivity contribution in [2.45, 2.75) is 42.6 Å². The molecule has 122 valence electrons. The van der Waals surface area contributed by atoms with Crippen molar-refractivity contribution in [2.24, 2.45) is 5.41 Å². The molecule has 0 amide bonds. The minimum atomic E-state index is -0.933. The van der Waals surface area contributed by atoms with Crippen LogP contribution in [0.3, 0.4) is 0 Å². The molecule has 2 aromatic carbocycles. The van der Waals surface area contributed by atoms with Gasteiger partial charge in [-0.05, 0) is 32.9 Å². The van der Waals surface area contributed by atoms with Crippen LogP contribution in [0.4, 0.5) is 0 Å². The summed E-state index contributed by atoms with van der Waals surface area (Å²) < 4.78 is 6.14. The Bertz CT molecular complexity index is 779. The molecule has 3 rings (SSSR count). The Morgan fingerprint density at radius 3 is 2.04 bits per heavy atom. The summed E-state index contributed by atoms with van der Waals surface area (Å²) in [6, 6.07) is 16.0. The highest BCUT2D eigenvalue weighted by atomic mass is 32.2. The van der Waals surface area contributed by atoms with Gasteiger partial charge in [-0.2, -0.15) is 0 Å². The van der Waals surface area contributed by atoms with Crippen LogP contribution in [0.25, 0.3) is 0 Å². The maximum atomic E-state index is 12.7. The summed E-state index contributed by atoms with van der Waals surface area (Å²) >= 11 is 1.69. The first-order valence-electron chi connectivity index (χ1n) is 7.92. The number of terminal acetylenes is 1. The Kier molecular flexibility index (Phi) is 4.19. The number of carbonyl (C=O) groups is 1. The highest BCUT2D eigenvalue weighted by molar-refractivity contribution is 7.99. The van der Waals surface area contributed by atoms with Crippen LogP contribution in [0.2, 0.25) is 0 Å². The lowest BCUT2D eigenvalue weighted by Gasteiger charge is -2.40. The molecule has 3 heteroatoms. The van der Waals surface area contributed by atoms with E-state index in [1.807, 2.05) is 69.3 Å². The van der Waals surface area contributed by atoms with E-state index in [4.69, 9.17) is 11.2 Å². The van der Waals surface area contributed by atoms with E-state index in [1.165, 1.54) is 0 Å². The molecule has 0 bridgehead atoms. The highest BCUT2D eigenvalue weighted by Gasteiger charge is 2.45. The molecule has 0 saturated carbocycles. The summed E-state index contributed by atoms with van der Waals surface area (Å²) in [5.74, 6) is 2.48. The molecule has 24 heavy (non-hydrogen) atoms. The number of rotatable bonds is 2. The fourth-order valence-corrected chi connectivity index (χ4v) is 4.05. The summed E-state index contributed by atoms with van der Waals surface area (Å²) in [6.45, 7) is 5.57. The highest BCUT2D eigenvalue weighted by Crippen LogP contribution is 2.51. The van der Waals surface area contributed by atoms with E-state index < -0.39 is 11.0 Å². The second kappa shape index (κ2) is 6.03. The predicted molar refractivity (Wildman–Crippen MR) is 96.8 cm³/mol. The van der Waals surface area contributed by atoms with E-state index in [0.29, 0.717) is 6.42 Å². The van der Waals surface area contributed by atoms with E-state index in [9.17, 15) is 4.79 Å². The number of benzene rings is 2. The molecule has 1 aliphatic rings. The Morgan fingerprint density at radius 1 is 1.08 bits per heavy atom. The van der Waals surface area contributed by atoms with Gasteiger partial charge in [-0.15, -0.1) is 12.3 Å². The molecular weight excluding hydrogens is 316 g/mol. The molecule has 0 spiro atoms. The minimum Gasteiger partial charge on any atom is -0.448 e. The smallest absolute Gasteiger partial charge is 0.312 e. The van der Waals surface area contributed by atoms with Crippen molar-refractivity contribution in [1.29, 1.82) is 0 Å². The van der Waals surface area contributed by atoms with E-state index in [-0.39, 0.29) is 5.97 Å². The summed E-state index contributed by atoms with van der Waals surface area (Å²) in [4.78, 5) is 14.9. The second-order valence-electron chi connectivity index (χ2n) is 6.94. The van der Waals surface area contributed by atoms with Crippen molar-refractivity contribution in [3.05, 3.63) is 59.7 Å². The van der Waals surface area contributed by atoms with Crippen molar-refractivity contribution >= 4 is 17.7 Å². The number of ether oxygens (including phenoxy) is 1. The largest absolute Gasteiger partial charge is 0.448 e. The van der Waals surface area contributed by atoms with Gasteiger partial charge in [0.15, 0.2) is 5.60 Å². The molecule has 0 fully saturated rings. The Hall–Kier alpha value is -2.18. The van der Waals surface area contributed by atoms with Crippen LogP contribution in [-0.2, 0) is 15.1 Å². The number of esters is 1. The summed E-state index contributed by atoms with van der Waals surface area (Å²) in [7, 11) is 0. The fraction of sp³-hybridized carbons (Fsp3) is 0.286. The van der Waals surface area contributed by atoms with Gasteiger partial charge in [-0.25, -0.2) is 0 Å². The lowest BCUT2D eigenvalue weighted by atomic mass is 9.82. The lowest BCUT2D eigenvalue weighted by Crippen LogP contribution is -2.39. The number of fused-ring (bicyclic) bond motifs is 2. The van der Waals surface area contributed by atoms with Gasteiger partial charge < -0.3 is 4.74 Å². The second-order valence-corrected chi connectivity index (χ2v) is 8.03. The molecule has 1 heterocycles. The molecule has 2 nitrogen and oxygen atoms in total. The summed E-state index contributed by atoms with van der Waals surface area (Å²) in [5, 5.41) is 0. The quantitative estimate of drug-likeness (QED) is 0.570. The number of hydrogen-bond donors (Lipinski definition) is 0. The van der Waals surface area contributed by atoms with Gasteiger partial charge >= 0.3 is 5.97 Å². The van der Waals surface area contributed by atoms with Crippen molar-refractivity contribution in [3.63, 3.8) is 0 Å². The Balaban J connectivity index is 2.24. The first-order chi connectivity index (χ1) is 11.4.